The van der Waals surface area contributed by atoms with Crippen molar-refractivity contribution in [3.63, 3.8) is 0 Å². The highest BCUT2D eigenvalue weighted by Crippen LogP contribution is 2.35. The van der Waals surface area contributed by atoms with E-state index in [0.29, 0.717) is 18.7 Å². The van der Waals surface area contributed by atoms with Gasteiger partial charge in [-0.3, -0.25) is 4.79 Å². The van der Waals surface area contributed by atoms with Crippen LogP contribution in [0.1, 0.15) is 48.4 Å². The second kappa shape index (κ2) is 9.24. The molecule has 0 spiro atoms. The first kappa shape index (κ1) is 22.8. The van der Waals surface area contributed by atoms with Crippen LogP contribution in [-0.2, 0) is 14.8 Å². The fraction of sp³-hybridized carbons (Fsp3) is 0.480. The smallest absolute Gasteiger partial charge is 0.243 e. The van der Waals surface area contributed by atoms with Crippen LogP contribution < -0.4 is 4.74 Å². The van der Waals surface area contributed by atoms with Crippen molar-refractivity contribution in [3.8, 4) is 5.75 Å². The average Bonchev–Trinajstić information content (AvgIpc) is 3.30. The van der Waals surface area contributed by atoms with E-state index in [1.54, 1.807) is 31.4 Å². The van der Waals surface area contributed by atoms with Gasteiger partial charge in [-0.05, 0) is 80.5 Å². The number of hydrogen-bond donors (Lipinski definition) is 0. The molecule has 2 aliphatic heterocycles. The number of likely N-dealkylation sites (tertiary alicyclic amines) is 1. The van der Waals surface area contributed by atoms with Crippen molar-refractivity contribution in [1.29, 1.82) is 0 Å². The Morgan fingerprint density at radius 3 is 2.38 bits per heavy atom. The lowest BCUT2D eigenvalue weighted by atomic mass is 9.95. The van der Waals surface area contributed by atoms with Crippen LogP contribution >= 0.6 is 0 Å². The van der Waals surface area contributed by atoms with Gasteiger partial charge in [0.05, 0.1) is 24.0 Å². The highest BCUT2D eigenvalue weighted by Gasteiger charge is 2.38. The fourth-order valence-corrected chi connectivity index (χ4v) is 6.37. The first-order valence-corrected chi connectivity index (χ1v) is 12.8. The maximum Gasteiger partial charge on any atom is 0.243 e. The second-order valence-electron chi connectivity index (χ2n) is 8.91. The summed E-state index contributed by atoms with van der Waals surface area (Å²) in [6, 6.07) is 12.9. The molecule has 1 amide bonds. The summed E-state index contributed by atoms with van der Waals surface area (Å²) in [6.07, 6.45) is 3.34. The first-order chi connectivity index (χ1) is 15.3. The van der Waals surface area contributed by atoms with Crippen LogP contribution in [0.2, 0.25) is 0 Å². The molecule has 0 N–H and O–H groups in total. The standard InChI is InChI=1S/C25H32N2O4S/c1-18-8-9-20(16-19(18)2)24-7-5-15-27(24)25(28)21-6-4-14-26(17-21)32(29,30)23-12-10-22(31-3)11-13-23/h8-13,16,21,24H,4-7,14-15,17H2,1-3H3. The molecule has 2 atom stereocenters. The first-order valence-electron chi connectivity index (χ1n) is 11.3. The lowest BCUT2D eigenvalue weighted by Gasteiger charge is -2.35. The number of piperidine rings is 1. The number of aryl methyl sites for hydroxylation is 2. The van der Waals surface area contributed by atoms with Crippen LogP contribution in [-0.4, -0.2) is 50.3 Å². The molecular weight excluding hydrogens is 424 g/mol. The third kappa shape index (κ3) is 4.41. The number of sulfonamides is 1. The van der Waals surface area contributed by atoms with Gasteiger partial charge in [0.15, 0.2) is 0 Å². The van der Waals surface area contributed by atoms with E-state index in [4.69, 9.17) is 4.74 Å². The number of hydrogen-bond acceptors (Lipinski definition) is 4. The summed E-state index contributed by atoms with van der Waals surface area (Å²) in [5.41, 5.74) is 3.66. The van der Waals surface area contributed by atoms with E-state index in [0.717, 1.165) is 25.8 Å². The molecule has 2 heterocycles. The summed E-state index contributed by atoms with van der Waals surface area (Å²) in [5, 5.41) is 0. The van der Waals surface area contributed by atoms with Gasteiger partial charge in [-0.25, -0.2) is 8.42 Å². The predicted molar refractivity (Wildman–Crippen MR) is 124 cm³/mol. The maximum absolute atomic E-state index is 13.5. The lowest BCUT2D eigenvalue weighted by molar-refractivity contribution is -0.137. The topological polar surface area (TPSA) is 66.9 Å². The molecule has 0 aromatic heterocycles. The minimum absolute atomic E-state index is 0.0790. The van der Waals surface area contributed by atoms with Gasteiger partial charge >= 0.3 is 0 Å². The summed E-state index contributed by atoms with van der Waals surface area (Å²) in [7, 11) is -2.10. The molecule has 0 bridgehead atoms. The number of carbonyl (C=O) groups is 1. The van der Waals surface area contributed by atoms with Gasteiger partial charge in [-0.15, -0.1) is 0 Å². The summed E-state index contributed by atoms with van der Waals surface area (Å²) < 4.78 is 33.0. The molecule has 2 saturated heterocycles. The number of nitrogens with zero attached hydrogens (tertiary/aromatic N) is 2. The van der Waals surface area contributed by atoms with E-state index in [1.165, 1.54) is 21.0 Å². The molecule has 2 aromatic carbocycles. The molecule has 6 nitrogen and oxygen atoms in total. The zero-order valence-electron chi connectivity index (χ0n) is 19.1. The molecule has 2 unspecified atom stereocenters. The van der Waals surface area contributed by atoms with Crippen LogP contribution in [0.5, 0.6) is 5.75 Å². The van der Waals surface area contributed by atoms with Crippen LogP contribution in [0.4, 0.5) is 0 Å². The molecule has 172 valence electrons. The number of methoxy groups -OCH3 is 1. The van der Waals surface area contributed by atoms with Crippen molar-refractivity contribution in [2.75, 3.05) is 26.7 Å². The molecule has 2 fully saturated rings. The maximum atomic E-state index is 13.5. The average molecular weight is 457 g/mol. The molecule has 2 aromatic rings. The van der Waals surface area contributed by atoms with Crippen LogP contribution in [0.15, 0.2) is 47.4 Å². The van der Waals surface area contributed by atoms with Crippen molar-refractivity contribution in [1.82, 2.24) is 9.21 Å². The Balaban J connectivity index is 1.50. The fourth-order valence-electron chi connectivity index (χ4n) is 4.84. The highest BCUT2D eigenvalue weighted by molar-refractivity contribution is 7.89. The normalized spacial score (nSPS) is 22.2. The third-order valence-corrected chi connectivity index (χ3v) is 8.76. The Morgan fingerprint density at radius 1 is 0.969 bits per heavy atom. The zero-order chi connectivity index (χ0) is 22.9. The van der Waals surface area contributed by atoms with E-state index >= 15 is 0 Å². The predicted octanol–water partition coefficient (Wildman–Crippen LogP) is 4.08. The van der Waals surface area contributed by atoms with Crippen molar-refractivity contribution < 1.29 is 17.9 Å². The zero-order valence-corrected chi connectivity index (χ0v) is 19.9. The van der Waals surface area contributed by atoms with Crippen LogP contribution in [0.25, 0.3) is 0 Å². The largest absolute Gasteiger partial charge is 0.497 e. The number of rotatable bonds is 5. The summed E-state index contributed by atoms with van der Waals surface area (Å²) in [6.45, 7) is 5.61. The molecule has 0 saturated carbocycles. The van der Waals surface area contributed by atoms with Crippen molar-refractivity contribution in [3.05, 3.63) is 59.2 Å². The van der Waals surface area contributed by atoms with Gasteiger partial charge in [0, 0.05) is 19.6 Å². The Kier molecular flexibility index (Phi) is 6.58. The van der Waals surface area contributed by atoms with E-state index in [9.17, 15) is 13.2 Å². The van der Waals surface area contributed by atoms with Crippen LogP contribution in [0.3, 0.4) is 0 Å². The number of amides is 1. The summed E-state index contributed by atoms with van der Waals surface area (Å²) in [5.74, 6) is 0.395. The molecule has 0 aliphatic carbocycles. The Labute approximate surface area is 191 Å². The van der Waals surface area contributed by atoms with E-state index in [-0.39, 0.29) is 29.3 Å². The monoisotopic (exact) mass is 456 g/mol. The number of carbonyl (C=O) groups excluding carboxylic acids is 1. The molecule has 4 rings (SSSR count). The van der Waals surface area contributed by atoms with Gasteiger partial charge in [0.25, 0.3) is 0 Å². The van der Waals surface area contributed by atoms with Crippen molar-refractivity contribution in [2.45, 2.75) is 50.5 Å². The quantitative estimate of drug-likeness (QED) is 0.680. The molecule has 0 radical (unpaired) electrons. The van der Waals surface area contributed by atoms with Crippen molar-refractivity contribution in [2.24, 2.45) is 5.92 Å². The second-order valence-corrected chi connectivity index (χ2v) is 10.8. The Morgan fingerprint density at radius 2 is 1.69 bits per heavy atom. The molecular formula is C25H32N2O4S. The highest BCUT2D eigenvalue weighted by atomic mass is 32.2. The lowest BCUT2D eigenvalue weighted by Crippen LogP contribution is -2.46. The van der Waals surface area contributed by atoms with Crippen molar-refractivity contribution >= 4 is 15.9 Å². The number of ether oxygens (including phenoxy) is 1. The van der Waals surface area contributed by atoms with Crippen LogP contribution in [0, 0.1) is 19.8 Å². The third-order valence-electron chi connectivity index (χ3n) is 6.88. The Hall–Kier alpha value is -2.38. The van der Waals surface area contributed by atoms with E-state index in [2.05, 4.69) is 32.0 Å². The SMILES string of the molecule is COc1ccc(S(=O)(=O)N2CCCC(C(=O)N3CCCC3c3ccc(C)c(C)c3)C2)cc1. The van der Waals surface area contributed by atoms with Gasteiger partial charge in [-0.1, -0.05) is 18.2 Å². The minimum atomic E-state index is -3.65. The molecule has 32 heavy (non-hydrogen) atoms. The Bertz CT molecular complexity index is 1080. The van der Waals surface area contributed by atoms with E-state index < -0.39 is 10.0 Å². The summed E-state index contributed by atoms with van der Waals surface area (Å²) in [4.78, 5) is 15.7. The van der Waals surface area contributed by atoms with Gasteiger partial charge in [-0.2, -0.15) is 4.31 Å². The number of benzene rings is 2. The van der Waals surface area contributed by atoms with E-state index in [1.807, 2.05) is 4.90 Å². The molecule has 2 aliphatic rings. The molecule has 7 heteroatoms. The van der Waals surface area contributed by atoms with Gasteiger partial charge in [0.2, 0.25) is 15.9 Å². The minimum Gasteiger partial charge on any atom is -0.497 e. The van der Waals surface area contributed by atoms with Gasteiger partial charge < -0.3 is 9.64 Å². The summed E-state index contributed by atoms with van der Waals surface area (Å²) >= 11 is 0. The van der Waals surface area contributed by atoms with Gasteiger partial charge in [0.1, 0.15) is 5.75 Å².